The predicted molar refractivity (Wildman–Crippen MR) is 54.4 cm³/mol. The summed E-state index contributed by atoms with van der Waals surface area (Å²) in [5.41, 5.74) is -0.143. The molecule has 13 heavy (non-hydrogen) atoms. The molecule has 1 aliphatic heterocycles. The van der Waals surface area contributed by atoms with Gasteiger partial charge in [0.2, 0.25) is 5.91 Å². The van der Waals surface area contributed by atoms with Gasteiger partial charge in [-0.25, -0.2) is 0 Å². The molecule has 0 bridgehead atoms. The Hall–Kier alpha value is -0.530. The molecule has 2 nitrogen and oxygen atoms in total. The summed E-state index contributed by atoms with van der Waals surface area (Å²) in [7, 11) is 1.90. The van der Waals surface area contributed by atoms with Crippen LogP contribution in [0.4, 0.5) is 0 Å². The van der Waals surface area contributed by atoms with Gasteiger partial charge in [-0.15, -0.1) is 0 Å². The van der Waals surface area contributed by atoms with Gasteiger partial charge in [0, 0.05) is 19.0 Å². The van der Waals surface area contributed by atoms with Crippen molar-refractivity contribution in [2.45, 2.75) is 34.6 Å². The topological polar surface area (TPSA) is 20.3 Å². The fourth-order valence-corrected chi connectivity index (χ4v) is 2.09. The zero-order chi connectivity index (χ0) is 10.4. The number of likely N-dealkylation sites (tertiary alicyclic amines) is 1. The lowest BCUT2D eigenvalue weighted by Gasteiger charge is -2.51. The van der Waals surface area contributed by atoms with E-state index in [4.69, 9.17) is 0 Å². The molecule has 1 amide bonds. The number of hydrogen-bond donors (Lipinski definition) is 0. The van der Waals surface area contributed by atoms with Crippen LogP contribution in [0, 0.1) is 16.7 Å². The number of nitrogens with zero attached hydrogens (tertiary/aromatic N) is 1. The van der Waals surface area contributed by atoms with Crippen molar-refractivity contribution in [3.63, 3.8) is 0 Å². The molecule has 0 aromatic rings. The van der Waals surface area contributed by atoms with Gasteiger partial charge in [0.1, 0.15) is 0 Å². The molecular weight excluding hydrogens is 162 g/mol. The van der Waals surface area contributed by atoms with Crippen LogP contribution in [0.5, 0.6) is 0 Å². The summed E-state index contributed by atoms with van der Waals surface area (Å²) < 4.78 is 0. The predicted octanol–water partition coefficient (Wildman–Crippen LogP) is 2.15. The Bertz CT molecular complexity index is 230. The quantitative estimate of drug-likeness (QED) is 0.563. The second-order valence-corrected chi connectivity index (χ2v) is 5.43. The van der Waals surface area contributed by atoms with Crippen LogP contribution in [0.1, 0.15) is 34.6 Å². The number of carbonyl (C=O) groups is 1. The Morgan fingerprint density at radius 3 is 2.23 bits per heavy atom. The summed E-state index contributed by atoms with van der Waals surface area (Å²) in [5, 5.41) is 0. The molecule has 0 aromatic heterocycles. The molecule has 0 aromatic carbocycles. The second kappa shape index (κ2) is 2.73. The summed E-state index contributed by atoms with van der Waals surface area (Å²) >= 11 is 0. The maximum Gasteiger partial charge on any atom is 0.228 e. The first kappa shape index (κ1) is 10.6. The normalized spacial score (nSPS) is 32.0. The molecule has 76 valence electrons. The van der Waals surface area contributed by atoms with E-state index in [1.54, 1.807) is 0 Å². The van der Waals surface area contributed by atoms with Crippen LogP contribution < -0.4 is 0 Å². The molecule has 0 aliphatic carbocycles. The van der Waals surface area contributed by atoms with E-state index in [-0.39, 0.29) is 16.7 Å². The van der Waals surface area contributed by atoms with Gasteiger partial charge in [-0.05, 0) is 11.3 Å². The molecule has 0 spiro atoms. The van der Waals surface area contributed by atoms with Gasteiger partial charge in [0.05, 0.1) is 0 Å². The van der Waals surface area contributed by atoms with Crippen LogP contribution in [0.2, 0.25) is 0 Å². The first-order chi connectivity index (χ1) is 5.71. The second-order valence-electron chi connectivity index (χ2n) is 5.43. The van der Waals surface area contributed by atoms with E-state index in [1.165, 1.54) is 0 Å². The van der Waals surface area contributed by atoms with Gasteiger partial charge in [-0.1, -0.05) is 34.6 Å². The lowest BCUT2D eigenvalue weighted by atomic mass is 9.58. The fourth-order valence-electron chi connectivity index (χ4n) is 2.09. The zero-order valence-corrected chi connectivity index (χ0v) is 9.64. The lowest BCUT2D eigenvalue weighted by molar-refractivity contribution is -0.157. The summed E-state index contributed by atoms with van der Waals surface area (Å²) in [6, 6.07) is 0. The van der Waals surface area contributed by atoms with Gasteiger partial charge < -0.3 is 4.90 Å². The highest BCUT2D eigenvalue weighted by Crippen LogP contribution is 2.48. The summed E-state index contributed by atoms with van der Waals surface area (Å²) in [6.07, 6.45) is 0. The van der Waals surface area contributed by atoms with Crippen LogP contribution >= 0.6 is 0 Å². The first-order valence-electron chi connectivity index (χ1n) is 4.97. The van der Waals surface area contributed by atoms with Crippen LogP contribution in [0.15, 0.2) is 0 Å². The molecule has 1 rings (SSSR count). The number of rotatable bonds is 0. The van der Waals surface area contributed by atoms with Crippen LogP contribution in [0.25, 0.3) is 0 Å². The minimum Gasteiger partial charge on any atom is -0.345 e. The number of amides is 1. The van der Waals surface area contributed by atoms with Gasteiger partial charge in [0.15, 0.2) is 0 Å². The molecule has 1 atom stereocenters. The zero-order valence-electron chi connectivity index (χ0n) is 9.64. The van der Waals surface area contributed by atoms with E-state index in [1.807, 2.05) is 11.9 Å². The largest absolute Gasteiger partial charge is 0.345 e. The Labute approximate surface area is 81.3 Å². The van der Waals surface area contributed by atoms with E-state index in [0.29, 0.717) is 5.92 Å². The highest BCUT2D eigenvalue weighted by Gasteiger charge is 2.51. The third kappa shape index (κ3) is 1.27. The van der Waals surface area contributed by atoms with Gasteiger partial charge >= 0.3 is 0 Å². The third-order valence-electron chi connectivity index (χ3n) is 4.27. The van der Waals surface area contributed by atoms with E-state index in [0.717, 1.165) is 6.54 Å². The average molecular weight is 183 g/mol. The monoisotopic (exact) mass is 183 g/mol. The van der Waals surface area contributed by atoms with E-state index < -0.39 is 0 Å². The first-order valence-corrected chi connectivity index (χ1v) is 4.97. The third-order valence-corrected chi connectivity index (χ3v) is 4.27. The molecule has 0 saturated carbocycles. The van der Waals surface area contributed by atoms with Crippen molar-refractivity contribution in [1.82, 2.24) is 4.90 Å². The molecule has 2 heteroatoms. The number of hydrogen-bond acceptors (Lipinski definition) is 1. The highest BCUT2D eigenvalue weighted by molar-refractivity contribution is 5.83. The molecule has 1 unspecified atom stereocenters. The van der Waals surface area contributed by atoms with Crippen molar-refractivity contribution in [2.75, 3.05) is 13.6 Å². The van der Waals surface area contributed by atoms with Crippen LogP contribution in [-0.2, 0) is 4.79 Å². The molecule has 1 heterocycles. The summed E-state index contributed by atoms with van der Waals surface area (Å²) in [5.74, 6) is 0.834. The molecular formula is C11H21NO. The van der Waals surface area contributed by atoms with Gasteiger partial charge in [-0.2, -0.15) is 0 Å². The minimum absolute atomic E-state index is 0.0938. The van der Waals surface area contributed by atoms with Crippen molar-refractivity contribution in [1.29, 1.82) is 0 Å². The molecule has 1 saturated heterocycles. The summed E-state index contributed by atoms with van der Waals surface area (Å²) in [4.78, 5) is 13.8. The van der Waals surface area contributed by atoms with Crippen molar-refractivity contribution in [2.24, 2.45) is 16.7 Å². The Morgan fingerprint density at radius 2 is 1.77 bits per heavy atom. The number of piperidine rings is 1. The Kier molecular flexibility index (Phi) is 2.21. The van der Waals surface area contributed by atoms with Crippen LogP contribution in [-0.4, -0.2) is 24.4 Å². The smallest absolute Gasteiger partial charge is 0.228 e. The SMILES string of the molecule is CC1CN(C)C(=O)C(C)(C)C1(C)C. The number of carbonyl (C=O) groups excluding carboxylic acids is 1. The van der Waals surface area contributed by atoms with Crippen molar-refractivity contribution >= 4 is 5.91 Å². The summed E-state index contributed by atoms with van der Waals surface area (Å²) in [6.45, 7) is 11.6. The highest BCUT2D eigenvalue weighted by atomic mass is 16.2. The Balaban J connectivity index is 3.07. The fraction of sp³-hybridized carbons (Fsp3) is 0.909. The van der Waals surface area contributed by atoms with Crippen molar-refractivity contribution < 1.29 is 4.79 Å². The minimum atomic E-state index is -0.237. The van der Waals surface area contributed by atoms with Crippen molar-refractivity contribution in [3.8, 4) is 0 Å². The maximum absolute atomic E-state index is 11.9. The van der Waals surface area contributed by atoms with E-state index in [9.17, 15) is 4.79 Å². The van der Waals surface area contributed by atoms with Crippen molar-refractivity contribution in [3.05, 3.63) is 0 Å². The van der Waals surface area contributed by atoms with Gasteiger partial charge in [-0.3, -0.25) is 4.79 Å². The molecule has 0 radical (unpaired) electrons. The standard InChI is InChI=1S/C11H21NO/c1-8-7-12(6)9(13)11(4,5)10(8,2)3/h8H,7H2,1-6H3. The van der Waals surface area contributed by atoms with E-state index in [2.05, 4.69) is 34.6 Å². The maximum atomic E-state index is 11.9. The van der Waals surface area contributed by atoms with Crippen LogP contribution in [0.3, 0.4) is 0 Å². The lowest BCUT2D eigenvalue weighted by Crippen LogP contribution is -2.57. The molecule has 1 aliphatic rings. The van der Waals surface area contributed by atoms with E-state index >= 15 is 0 Å². The average Bonchev–Trinajstić information content (AvgIpc) is 2.00. The Morgan fingerprint density at radius 1 is 1.31 bits per heavy atom. The van der Waals surface area contributed by atoms with Gasteiger partial charge in [0.25, 0.3) is 0 Å². The molecule has 1 fully saturated rings. The molecule has 0 N–H and O–H groups in total.